The second kappa shape index (κ2) is 4.45. The molecule has 2 amide bonds. The molecule has 0 aromatic heterocycles. The second-order valence-electron chi connectivity index (χ2n) is 3.72. The first-order valence-electron chi connectivity index (χ1n) is 5.29. The zero-order chi connectivity index (χ0) is 11.5. The van der Waals surface area contributed by atoms with Crippen molar-refractivity contribution in [2.24, 2.45) is 0 Å². The summed E-state index contributed by atoms with van der Waals surface area (Å²) in [5.74, 6) is -0.488. The van der Waals surface area contributed by atoms with Crippen molar-refractivity contribution in [3.63, 3.8) is 0 Å². The summed E-state index contributed by atoms with van der Waals surface area (Å²) in [6.07, 6.45) is 1.07. The van der Waals surface area contributed by atoms with Gasteiger partial charge in [0.1, 0.15) is 0 Å². The lowest BCUT2D eigenvalue weighted by atomic mass is 10.1. The molecule has 1 aliphatic heterocycles. The molecule has 0 fully saturated rings. The molecule has 1 aromatic carbocycles. The van der Waals surface area contributed by atoms with Crippen LogP contribution in [0.15, 0.2) is 24.3 Å². The van der Waals surface area contributed by atoms with Gasteiger partial charge in [-0.1, -0.05) is 12.1 Å². The van der Waals surface area contributed by atoms with Crippen LogP contribution in [0.1, 0.15) is 33.6 Å². The van der Waals surface area contributed by atoms with E-state index in [9.17, 15) is 14.7 Å². The summed E-state index contributed by atoms with van der Waals surface area (Å²) < 4.78 is 0. The van der Waals surface area contributed by atoms with Gasteiger partial charge in [-0.15, -0.1) is 0 Å². The van der Waals surface area contributed by atoms with Gasteiger partial charge in [0.05, 0.1) is 17.7 Å². The Morgan fingerprint density at radius 2 is 1.50 bits per heavy atom. The first kappa shape index (κ1) is 10.8. The number of unbranched alkanes of at least 4 members (excludes halogenated alkanes) is 1. The van der Waals surface area contributed by atoms with Crippen LogP contribution >= 0.6 is 0 Å². The van der Waals surface area contributed by atoms with E-state index in [4.69, 9.17) is 0 Å². The molecule has 0 bridgehead atoms. The van der Waals surface area contributed by atoms with Gasteiger partial charge in [-0.25, -0.2) is 5.11 Å². The number of amides is 2. The van der Waals surface area contributed by atoms with Crippen molar-refractivity contribution in [1.82, 2.24) is 4.90 Å². The van der Waals surface area contributed by atoms with Gasteiger partial charge in [0, 0.05) is 6.54 Å². The normalized spacial score (nSPS) is 14.4. The number of benzene rings is 1. The van der Waals surface area contributed by atoms with E-state index < -0.39 is 0 Å². The van der Waals surface area contributed by atoms with E-state index in [-0.39, 0.29) is 18.4 Å². The summed E-state index contributed by atoms with van der Waals surface area (Å²) in [5.41, 5.74) is 0.934. The Labute approximate surface area is 93.5 Å². The van der Waals surface area contributed by atoms with Crippen molar-refractivity contribution in [2.45, 2.75) is 12.8 Å². The lowest BCUT2D eigenvalue weighted by molar-refractivity contribution is 0.0646. The molecular formula is C12H12NO3. The summed E-state index contributed by atoms with van der Waals surface area (Å²) in [6.45, 7) is 0.178. The fourth-order valence-electron chi connectivity index (χ4n) is 1.81. The van der Waals surface area contributed by atoms with Gasteiger partial charge in [-0.05, 0) is 25.0 Å². The molecule has 0 saturated carbocycles. The molecule has 0 atom stereocenters. The van der Waals surface area contributed by atoms with Crippen molar-refractivity contribution >= 4 is 11.8 Å². The Bertz CT molecular complexity index is 393. The summed E-state index contributed by atoms with van der Waals surface area (Å²) in [5, 5.41) is 10.3. The molecular weight excluding hydrogens is 206 g/mol. The quantitative estimate of drug-likeness (QED) is 0.568. The maximum absolute atomic E-state index is 11.8. The summed E-state index contributed by atoms with van der Waals surface area (Å²) >= 11 is 0. The molecule has 16 heavy (non-hydrogen) atoms. The standard InChI is InChI=1S/C12H12NO3/c14-8-4-3-7-13-11(15)9-5-1-2-6-10(9)12(13)16/h1-2,5-6H,3-4,7-8H2. The number of hydrogen-bond acceptors (Lipinski definition) is 2. The smallest absolute Gasteiger partial charge is 0.261 e. The summed E-state index contributed by atoms with van der Waals surface area (Å²) in [6, 6.07) is 6.79. The van der Waals surface area contributed by atoms with Crippen LogP contribution in [0.4, 0.5) is 0 Å². The second-order valence-corrected chi connectivity index (χ2v) is 3.72. The monoisotopic (exact) mass is 218 g/mol. The molecule has 1 aromatic rings. The number of imide groups is 1. The van der Waals surface area contributed by atoms with E-state index in [2.05, 4.69) is 0 Å². The summed E-state index contributed by atoms with van der Waals surface area (Å²) in [4.78, 5) is 24.9. The van der Waals surface area contributed by atoms with E-state index in [0.29, 0.717) is 30.5 Å². The van der Waals surface area contributed by atoms with Crippen LogP contribution in [0.3, 0.4) is 0 Å². The molecule has 0 saturated heterocycles. The highest BCUT2D eigenvalue weighted by atomic mass is 16.3. The highest BCUT2D eigenvalue weighted by Gasteiger charge is 2.34. The summed E-state index contributed by atoms with van der Waals surface area (Å²) in [7, 11) is 0. The third-order valence-electron chi connectivity index (χ3n) is 2.65. The molecule has 2 rings (SSSR count). The Morgan fingerprint density at radius 3 is 2.00 bits per heavy atom. The van der Waals surface area contributed by atoms with Crippen LogP contribution in [0, 0.1) is 0 Å². The van der Waals surface area contributed by atoms with E-state index in [1.165, 1.54) is 4.90 Å². The zero-order valence-electron chi connectivity index (χ0n) is 8.81. The minimum absolute atomic E-state index is 0.164. The molecule has 0 aliphatic carbocycles. The molecule has 1 heterocycles. The topological polar surface area (TPSA) is 57.3 Å². The van der Waals surface area contributed by atoms with Crippen LogP contribution in [0.2, 0.25) is 0 Å². The number of carbonyl (C=O) groups excluding carboxylic acids is 2. The minimum atomic E-state index is -0.244. The molecule has 4 nitrogen and oxygen atoms in total. The van der Waals surface area contributed by atoms with E-state index in [0.717, 1.165) is 0 Å². The predicted octanol–water partition coefficient (Wildman–Crippen LogP) is 1.49. The maximum atomic E-state index is 11.8. The Kier molecular flexibility index (Phi) is 3.01. The van der Waals surface area contributed by atoms with Gasteiger partial charge in [0.15, 0.2) is 0 Å². The first-order valence-corrected chi connectivity index (χ1v) is 5.29. The van der Waals surface area contributed by atoms with Gasteiger partial charge in [-0.2, -0.15) is 0 Å². The molecule has 0 N–H and O–H groups in total. The largest absolute Gasteiger partial charge is 0.274 e. The predicted molar refractivity (Wildman–Crippen MR) is 56.6 cm³/mol. The van der Waals surface area contributed by atoms with Gasteiger partial charge >= 0.3 is 0 Å². The molecule has 4 heteroatoms. The Balaban J connectivity index is 2.15. The third-order valence-corrected chi connectivity index (χ3v) is 2.65. The maximum Gasteiger partial charge on any atom is 0.261 e. The van der Waals surface area contributed by atoms with Crippen molar-refractivity contribution in [3.05, 3.63) is 35.4 Å². The van der Waals surface area contributed by atoms with E-state index in [1.807, 2.05) is 0 Å². The average molecular weight is 218 g/mol. The Morgan fingerprint density at radius 1 is 0.938 bits per heavy atom. The number of hydrogen-bond donors (Lipinski definition) is 0. The number of rotatable bonds is 4. The van der Waals surface area contributed by atoms with Gasteiger partial charge < -0.3 is 0 Å². The van der Waals surface area contributed by atoms with Gasteiger partial charge in [0.25, 0.3) is 11.8 Å². The third kappa shape index (κ3) is 1.72. The first-order chi connectivity index (χ1) is 7.75. The van der Waals surface area contributed by atoms with E-state index in [1.54, 1.807) is 24.3 Å². The SMILES string of the molecule is [O]CCCCN1C(=O)c2ccccc2C1=O. The number of carbonyl (C=O) groups is 2. The van der Waals surface area contributed by atoms with Crippen molar-refractivity contribution in [3.8, 4) is 0 Å². The van der Waals surface area contributed by atoms with Crippen LogP contribution in [-0.2, 0) is 5.11 Å². The molecule has 0 unspecified atom stereocenters. The van der Waals surface area contributed by atoms with Crippen LogP contribution in [-0.4, -0.2) is 29.9 Å². The lowest BCUT2D eigenvalue weighted by Gasteiger charge is -2.12. The number of nitrogens with zero attached hydrogens (tertiary/aromatic N) is 1. The van der Waals surface area contributed by atoms with Gasteiger partial charge in [0.2, 0.25) is 0 Å². The van der Waals surface area contributed by atoms with Crippen LogP contribution < -0.4 is 0 Å². The van der Waals surface area contributed by atoms with Crippen molar-refractivity contribution in [1.29, 1.82) is 0 Å². The fourth-order valence-corrected chi connectivity index (χ4v) is 1.81. The van der Waals surface area contributed by atoms with E-state index >= 15 is 0 Å². The van der Waals surface area contributed by atoms with Crippen LogP contribution in [0.5, 0.6) is 0 Å². The molecule has 1 aliphatic rings. The fraction of sp³-hybridized carbons (Fsp3) is 0.333. The highest BCUT2D eigenvalue weighted by molar-refractivity contribution is 6.21. The van der Waals surface area contributed by atoms with Gasteiger partial charge in [-0.3, -0.25) is 14.5 Å². The average Bonchev–Trinajstić information content (AvgIpc) is 2.55. The molecule has 83 valence electrons. The number of fused-ring (bicyclic) bond motifs is 1. The van der Waals surface area contributed by atoms with Crippen molar-refractivity contribution < 1.29 is 14.7 Å². The lowest BCUT2D eigenvalue weighted by Crippen LogP contribution is -2.30. The zero-order valence-corrected chi connectivity index (χ0v) is 8.81. The molecule has 0 spiro atoms. The minimum Gasteiger partial charge on any atom is -0.274 e. The van der Waals surface area contributed by atoms with Crippen molar-refractivity contribution in [2.75, 3.05) is 13.2 Å². The Hall–Kier alpha value is -1.68. The highest BCUT2D eigenvalue weighted by Crippen LogP contribution is 2.22. The van der Waals surface area contributed by atoms with Crippen LogP contribution in [0.25, 0.3) is 0 Å². The molecule has 1 radical (unpaired) electrons.